The first-order valence-electron chi connectivity index (χ1n) is 6.59. The first kappa shape index (κ1) is 14.8. The van der Waals surface area contributed by atoms with Crippen LogP contribution < -0.4 is 5.32 Å². The van der Waals surface area contributed by atoms with Crippen LogP contribution in [-0.4, -0.2) is 36.7 Å². The number of carbonyl (C=O) groups is 1. The lowest BCUT2D eigenvalue weighted by Gasteiger charge is -2.24. The van der Waals surface area contributed by atoms with Gasteiger partial charge in [-0.3, -0.25) is 4.79 Å². The zero-order chi connectivity index (χ0) is 12.7. The van der Waals surface area contributed by atoms with E-state index in [-0.39, 0.29) is 12.0 Å². The SMILES string of the molecule is CCCCC(NC1CCCC1SC)C(=O)OC. The number of unbranched alkanes of at least 4 members (excludes halogenated alkanes) is 1. The molecule has 0 amide bonds. The Hall–Kier alpha value is -0.220. The average molecular weight is 259 g/mol. The molecule has 0 spiro atoms. The van der Waals surface area contributed by atoms with Crippen LogP contribution in [0.15, 0.2) is 0 Å². The van der Waals surface area contributed by atoms with E-state index in [9.17, 15) is 4.79 Å². The normalized spacial score (nSPS) is 25.8. The van der Waals surface area contributed by atoms with Crippen LogP contribution in [0.3, 0.4) is 0 Å². The van der Waals surface area contributed by atoms with E-state index < -0.39 is 0 Å². The second-order valence-electron chi connectivity index (χ2n) is 4.70. The van der Waals surface area contributed by atoms with Crippen LogP contribution in [0.2, 0.25) is 0 Å². The highest BCUT2D eigenvalue weighted by Crippen LogP contribution is 2.29. The quantitative estimate of drug-likeness (QED) is 0.713. The fourth-order valence-corrected chi connectivity index (χ4v) is 3.42. The van der Waals surface area contributed by atoms with Crippen molar-refractivity contribution in [2.75, 3.05) is 13.4 Å². The molecule has 0 bridgehead atoms. The van der Waals surface area contributed by atoms with Gasteiger partial charge >= 0.3 is 5.97 Å². The Bertz CT molecular complexity index is 235. The van der Waals surface area contributed by atoms with Gasteiger partial charge in [0.2, 0.25) is 0 Å². The van der Waals surface area contributed by atoms with E-state index in [1.54, 1.807) is 0 Å². The fourth-order valence-electron chi connectivity index (χ4n) is 2.48. The van der Waals surface area contributed by atoms with Crippen LogP contribution in [-0.2, 0) is 9.53 Å². The second-order valence-corrected chi connectivity index (χ2v) is 5.77. The number of carbonyl (C=O) groups excluding carboxylic acids is 1. The fraction of sp³-hybridized carbons (Fsp3) is 0.923. The molecule has 1 saturated carbocycles. The third-order valence-electron chi connectivity index (χ3n) is 3.50. The molecule has 3 atom stereocenters. The molecule has 0 aromatic rings. The smallest absolute Gasteiger partial charge is 0.322 e. The predicted molar refractivity (Wildman–Crippen MR) is 73.4 cm³/mol. The van der Waals surface area contributed by atoms with E-state index in [1.807, 2.05) is 11.8 Å². The molecule has 1 rings (SSSR count). The van der Waals surface area contributed by atoms with Crippen molar-refractivity contribution < 1.29 is 9.53 Å². The number of rotatable bonds is 7. The molecule has 0 saturated heterocycles. The molecular formula is C13H25NO2S. The average Bonchev–Trinajstić information content (AvgIpc) is 2.80. The van der Waals surface area contributed by atoms with Gasteiger partial charge in [0.05, 0.1) is 7.11 Å². The summed E-state index contributed by atoms with van der Waals surface area (Å²) in [6.07, 6.45) is 8.95. The maximum Gasteiger partial charge on any atom is 0.322 e. The predicted octanol–water partition coefficient (Wildman–Crippen LogP) is 2.59. The van der Waals surface area contributed by atoms with Crippen LogP contribution in [0.5, 0.6) is 0 Å². The topological polar surface area (TPSA) is 38.3 Å². The molecular weight excluding hydrogens is 234 g/mol. The van der Waals surface area contributed by atoms with E-state index in [0.29, 0.717) is 11.3 Å². The standard InChI is InChI=1S/C13H25NO2S/c1-4-5-7-11(13(15)16-2)14-10-8-6-9-12(10)17-3/h10-12,14H,4-9H2,1-3H3. The number of hydrogen-bond acceptors (Lipinski definition) is 4. The minimum atomic E-state index is -0.113. The summed E-state index contributed by atoms with van der Waals surface area (Å²) in [7, 11) is 1.48. The van der Waals surface area contributed by atoms with Crippen molar-refractivity contribution in [1.29, 1.82) is 0 Å². The molecule has 1 N–H and O–H groups in total. The lowest BCUT2D eigenvalue weighted by molar-refractivity contribution is -0.143. The van der Waals surface area contributed by atoms with Crippen molar-refractivity contribution in [2.24, 2.45) is 0 Å². The zero-order valence-electron chi connectivity index (χ0n) is 11.2. The third-order valence-corrected chi connectivity index (χ3v) is 4.67. The zero-order valence-corrected chi connectivity index (χ0v) is 12.0. The molecule has 0 aromatic heterocycles. The van der Waals surface area contributed by atoms with Gasteiger partial charge in [-0.1, -0.05) is 26.2 Å². The molecule has 1 fully saturated rings. The van der Waals surface area contributed by atoms with Gasteiger partial charge in [0.1, 0.15) is 6.04 Å². The molecule has 4 heteroatoms. The summed E-state index contributed by atoms with van der Waals surface area (Å²) in [6.45, 7) is 2.15. The Labute approximate surface area is 109 Å². The second kappa shape index (κ2) is 7.98. The van der Waals surface area contributed by atoms with Gasteiger partial charge in [-0.2, -0.15) is 11.8 Å². The first-order chi connectivity index (χ1) is 8.22. The maximum atomic E-state index is 11.7. The van der Waals surface area contributed by atoms with Crippen LogP contribution >= 0.6 is 11.8 Å². The highest BCUT2D eigenvalue weighted by Gasteiger charge is 2.30. The third kappa shape index (κ3) is 4.51. The number of methoxy groups -OCH3 is 1. The number of hydrogen-bond donors (Lipinski definition) is 1. The molecule has 0 aromatic carbocycles. The Morgan fingerprint density at radius 3 is 2.88 bits per heavy atom. The first-order valence-corrected chi connectivity index (χ1v) is 7.88. The van der Waals surface area contributed by atoms with Gasteiger partial charge in [-0.15, -0.1) is 0 Å². The van der Waals surface area contributed by atoms with E-state index in [2.05, 4.69) is 18.5 Å². The van der Waals surface area contributed by atoms with E-state index in [1.165, 1.54) is 26.4 Å². The van der Waals surface area contributed by atoms with Gasteiger partial charge in [0, 0.05) is 11.3 Å². The minimum Gasteiger partial charge on any atom is -0.468 e. The van der Waals surface area contributed by atoms with Crippen molar-refractivity contribution in [1.82, 2.24) is 5.32 Å². The van der Waals surface area contributed by atoms with E-state index in [4.69, 9.17) is 4.74 Å². The molecule has 3 unspecified atom stereocenters. The van der Waals surface area contributed by atoms with Gasteiger partial charge < -0.3 is 10.1 Å². The molecule has 100 valence electrons. The number of ether oxygens (including phenoxy) is 1. The van der Waals surface area contributed by atoms with Crippen molar-refractivity contribution in [2.45, 2.75) is 62.8 Å². The monoisotopic (exact) mass is 259 g/mol. The van der Waals surface area contributed by atoms with Gasteiger partial charge in [0.15, 0.2) is 0 Å². The molecule has 0 radical (unpaired) electrons. The Morgan fingerprint density at radius 2 is 2.29 bits per heavy atom. The van der Waals surface area contributed by atoms with Crippen molar-refractivity contribution in [3.63, 3.8) is 0 Å². The van der Waals surface area contributed by atoms with Crippen LogP contribution in [0.1, 0.15) is 45.4 Å². The summed E-state index contributed by atoms with van der Waals surface area (Å²) in [6, 6.07) is 0.364. The Balaban J connectivity index is 2.49. The van der Waals surface area contributed by atoms with Gasteiger partial charge in [-0.25, -0.2) is 0 Å². The summed E-state index contributed by atoms with van der Waals surface area (Å²) in [5.41, 5.74) is 0. The molecule has 0 aliphatic heterocycles. The summed E-state index contributed by atoms with van der Waals surface area (Å²) >= 11 is 1.91. The highest BCUT2D eigenvalue weighted by molar-refractivity contribution is 7.99. The summed E-state index contributed by atoms with van der Waals surface area (Å²) in [5.74, 6) is -0.106. The highest BCUT2D eigenvalue weighted by atomic mass is 32.2. The van der Waals surface area contributed by atoms with E-state index in [0.717, 1.165) is 19.3 Å². The van der Waals surface area contributed by atoms with Crippen molar-refractivity contribution >= 4 is 17.7 Å². The largest absolute Gasteiger partial charge is 0.468 e. The number of nitrogens with one attached hydrogen (secondary N) is 1. The van der Waals surface area contributed by atoms with Crippen molar-refractivity contribution in [3.05, 3.63) is 0 Å². The lowest BCUT2D eigenvalue weighted by atomic mass is 10.1. The van der Waals surface area contributed by atoms with E-state index >= 15 is 0 Å². The Morgan fingerprint density at radius 1 is 1.53 bits per heavy atom. The van der Waals surface area contributed by atoms with Gasteiger partial charge in [0.25, 0.3) is 0 Å². The number of thioether (sulfide) groups is 1. The van der Waals surface area contributed by atoms with Crippen molar-refractivity contribution in [3.8, 4) is 0 Å². The lowest BCUT2D eigenvalue weighted by Crippen LogP contribution is -2.46. The molecule has 1 aliphatic carbocycles. The summed E-state index contributed by atoms with van der Waals surface area (Å²) < 4.78 is 4.88. The molecule has 3 nitrogen and oxygen atoms in total. The van der Waals surface area contributed by atoms with Crippen LogP contribution in [0.4, 0.5) is 0 Å². The Kier molecular flexibility index (Phi) is 6.97. The maximum absolute atomic E-state index is 11.7. The number of esters is 1. The van der Waals surface area contributed by atoms with Crippen LogP contribution in [0.25, 0.3) is 0 Å². The van der Waals surface area contributed by atoms with Gasteiger partial charge in [-0.05, 0) is 25.5 Å². The minimum absolute atomic E-state index is 0.106. The molecule has 17 heavy (non-hydrogen) atoms. The summed E-state index contributed by atoms with van der Waals surface area (Å²) in [5, 5.41) is 4.16. The molecule has 1 aliphatic rings. The summed E-state index contributed by atoms with van der Waals surface area (Å²) in [4.78, 5) is 11.7. The molecule has 0 heterocycles. The van der Waals surface area contributed by atoms with Crippen LogP contribution in [0, 0.1) is 0 Å².